The monoisotopic (exact) mass is 875 g/mol. The summed E-state index contributed by atoms with van der Waals surface area (Å²) in [6.45, 7) is 6.51. The molecule has 0 amide bonds. The van der Waals surface area contributed by atoms with Crippen molar-refractivity contribution in [1.82, 2.24) is 24.5 Å². The molecule has 0 atom stereocenters. The van der Waals surface area contributed by atoms with E-state index >= 15 is 0 Å². The standard InChI is InChI=1S/C57H42N4.C6H7N/c1-3-15-41-29-28-40-18-10-11-22-47(40)54(41)50-36-51-48-23-12-13-25-52(48)61(53(51)34-37(50)2)45-32-33-46-44(35-45)21-14-24-49(46)57-59-55(42-19-8-5-9-20-42)58-56(60-57)43-30-26-39(27-31-43)38-16-6-4-7-17-38;1-6-4-2-3-5-7-6/h4-14,16-36H,3,15H2,1-2H3;2-5H,1H3. The van der Waals surface area contributed by atoms with Gasteiger partial charge in [0.1, 0.15) is 0 Å². The van der Waals surface area contributed by atoms with Gasteiger partial charge in [0.05, 0.1) is 11.0 Å². The van der Waals surface area contributed by atoms with Gasteiger partial charge >= 0.3 is 0 Å². The van der Waals surface area contributed by atoms with E-state index in [2.05, 4.69) is 193 Å². The minimum absolute atomic E-state index is 0.641. The molecule has 12 aromatic rings. The van der Waals surface area contributed by atoms with Crippen LogP contribution < -0.4 is 0 Å². The molecule has 68 heavy (non-hydrogen) atoms. The minimum Gasteiger partial charge on any atom is -0.309 e. The fourth-order valence-corrected chi connectivity index (χ4v) is 9.62. The average Bonchev–Trinajstić information content (AvgIpc) is 3.71. The van der Waals surface area contributed by atoms with Crippen LogP contribution in [-0.4, -0.2) is 24.5 Å². The van der Waals surface area contributed by atoms with Gasteiger partial charge in [-0.1, -0.05) is 183 Å². The molecule has 0 aliphatic rings. The molecule has 5 nitrogen and oxygen atoms in total. The SMILES string of the molecule is CCCc1ccc2ccccc2c1-c1cc2c3ccccc3n(-c3ccc4c(-c5nc(-c6ccccc6)nc(-c6ccc(-c7ccccc7)cc6)n5)cccc4c3)c2cc1C.Cc1ccccn1. The highest BCUT2D eigenvalue weighted by atomic mass is 15.0. The zero-order valence-corrected chi connectivity index (χ0v) is 38.4. The second-order valence-electron chi connectivity index (χ2n) is 17.4. The summed E-state index contributed by atoms with van der Waals surface area (Å²) < 4.78 is 2.43. The van der Waals surface area contributed by atoms with E-state index in [9.17, 15) is 0 Å². The van der Waals surface area contributed by atoms with E-state index in [1.165, 1.54) is 60.4 Å². The van der Waals surface area contributed by atoms with Crippen molar-refractivity contribution in [3.8, 4) is 62.1 Å². The van der Waals surface area contributed by atoms with E-state index in [0.717, 1.165) is 57.2 Å². The highest BCUT2D eigenvalue weighted by molar-refractivity contribution is 6.12. The number of hydrogen-bond donors (Lipinski definition) is 0. The summed E-state index contributed by atoms with van der Waals surface area (Å²) in [7, 11) is 0. The second kappa shape index (κ2) is 18.4. The van der Waals surface area contributed by atoms with Crippen LogP contribution in [0.1, 0.15) is 30.2 Å². The third-order valence-corrected chi connectivity index (χ3v) is 12.9. The van der Waals surface area contributed by atoms with Crippen molar-refractivity contribution in [2.45, 2.75) is 33.6 Å². The fourth-order valence-electron chi connectivity index (χ4n) is 9.62. The Bertz CT molecular complexity index is 3750. The van der Waals surface area contributed by atoms with Crippen molar-refractivity contribution in [2.75, 3.05) is 0 Å². The van der Waals surface area contributed by atoms with E-state index in [4.69, 9.17) is 15.0 Å². The molecule has 12 rings (SSSR count). The number of para-hydroxylation sites is 1. The number of hydrogen-bond acceptors (Lipinski definition) is 4. The normalized spacial score (nSPS) is 11.3. The van der Waals surface area contributed by atoms with Crippen molar-refractivity contribution in [3.05, 3.63) is 235 Å². The molecule has 0 spiro atoms. The van der Waals surface area contributed by atoms with Gasteiger partial charge in [-0.2, -0.15) is 0 Å². The number of nitrogens with zero attached hydrogens (tertiary/aromatic N) is 5. The lowest BCUT2D eigenvalue weighted by molar-refractivity contribution is 0.925. The van der Waals surface area contributed by atoms with Crippen LogP contribution in [0.3, 0.4) is 0 Å². The Morgan fingerprint density at radius 2 is 1.04 bits per heavy atom. The molecule has 0 radical (unpaired) electrons. The van der Waals surface area contributed by atoms with E-state index in [1.807, 2.05) is 49.4 Å². The first-order valence-electron chi connectivity index (χ1n) is 23.4. The van der Waals surface area contributed by atoms with Crippen LogP contribution >= 0.6 is 0 Å². The zero-order chi connectivity index (χ0) is 46.0. The summed E-state index contributed by atoms with van der Waals surface area (Å²) in [5.74, 6) is 1.93. The number of fused-ring (bicyclic) bond motifs is 5. The molecule has 0 bridgehead atoms. The summed E-state index contributed by atoms with van der Waals surface area (Å²) in [6.07, 6.45) is 3.93. The van der Waals surface area contributed by atoms with Gasteiger partial charge in [-0.3, -0.25) is 4.98 Å². The minimum atomic E-state index is 0.641. The quantitative estimate of drug-likeness (QED) is 0.153. The molecule has 3 aromatic heterocycles. The lowest BCUT2D eigenvalue weighted by Crippen LogP contribution is -2.01. The first-order chi connectivity index (χ1) is 33.5. The number of rotatable bonds is 8. The van der Waals surface area contributed by atoms with Crippen LogP contribution in [0.15, 0.2) is 219 Å². The second-order valence-corrected chi connectivity index (χ2v) is 17.4. The summed E-state index contributed by atoms with van der Waals surface area (Å²) >= 11 is 0. The van der Waals surface area contributed by atoms with Gasteiger partial charge in [0.2, 0.25) is 0 Å². The number of aryl methyl sites for hydroxylation is 3. The lowest BCUT2D eigenvalue weighted by Gasteiger charge is -2.17. The number of aromatic nitrogens is 5. The van der Waals surface area contributed by atoms with Gasteiger partial charge in [-0.05, 0) is 118 Å². The topological polar surface area (TPSA) is 56.5 Å². The van der Waals surface area contributed by atoms with Crippen molar-refractivity contribution < 1.29 is 0 Å². The maximum Gasteiger partial charge on any atom is 0.164 e. The van der Waals surface area contributed by atoms with Crippen LogP contribution in [0.2, 0.25) is 0 Å². The Kier molecular flexibility index (Phi) is 11.4. The highest BCUT2D eigenvalue weighted by Crippen LogP contribution is 2.41. The van der Waals surface area contributed by atoms with E-state index in [0.29, 0.717) is 17.5 Å². The average molecular weight is 876 g/mol. The molecule has 0 saturated heterocycles. The summed E-state index contributed by atoms with van der Waals surface area (Å²) in [5, 5.41) is 7.28. The smallest absolute Gasteiger partial charge is 0.164 e. The summed E-state index contributed by atoms with van der Waals surface area (Å²) in [5.41, 5.74) is 15.1. The van der Waals surface area contributed by atoms with Gasteiger partial charge in [0.15, 0.2) is 17.5 Å². The van der Waals surface area contributed by atoms with Gasteiger partial charge in [-0.15, -0.1) is 0 Å². The fraction of sp³-hybridized carbons (Fsp3) is 0.0794. The molecule has 0 saturated carbocycles. The van der Waals surface area contributed by atoms with Crippen molar-refractivity contribution in [3.63, 3.8) is 0 Å². The van der Waals surface area contributed by atoms with Crippen LogP contribution in [-0.2, 0) is 6.42 Å². The zero-order valence-electron chi connectivity index (χ0n) is 38.4. The Morgan fingerprint density at radius 3 is 1.76 bits per heavy atom. The Labute approximate surface area is 397 Å². The van der Waals surface area contributed by atoms with Gasteiger partial charge in [0.25, 0.3) is 0 Å². The molecule has 326 valence electrons. The van der Waals surface area contributed by atoms with Crippen molar-refractivity contribution >= 4 is 43.4 Å². The number of pyridine rings is 1. The Morgan fingerprint density at radius 1 is 0.412 bits per heavy atom. The van der Waals surface area contributed by atoms with E-state index < -0.39 is 0 Å². The van der Waals surface area contributed by atoms with Crippen molar-refractivity contribution in [2.24, 2.45) is 0 Å². The highest BCUT2D eigenvalue weighted by Gasteiger charge is 2.20. The van der Waals surface area contributed by atoms with E-state index in [-0.39, 0.29) is 0 Å². The number of benzene rings is 9. The summed E-state index contributed by atoms with van der Waals surface area (Å²) in [4.78, 5) is 19.3. The maximum absolute atomic E-state index is 5.16. The molecular formula is C63H49N5. The molecule has 0 aliphatic heterocycles. The molecule has 0 N–H and O–H groups in total. The first kappa shape index (κ1) is 42.1. The van der Waals surface area contributed by atoms with Crippen LogP contribution in [0, 0.1) is 13.8 Å². The molecule has 3 heterocycles. The van der Waals surface area contributed by atoms with Crippen molar-refractivity contribution in [1.29, 1.82) is 0 Å². The summed E-state index contributed by atoms with van der Waals surface area (Å²) in [6, 6.07) is 75.2. The maximum atomic E-state index is 5.16. The van der Waals surface area contributed by atoms with Crippen LogP contribution in [0.5, 0.6) is 0 Å². The third-order valence-electron chi connectivity index (χ3n) is 12.9. The predicted octanol–water partition coefficient (Wildman–Crippen LogP) is 16.3. The molecular weight excluding hydrogens is 827 g/mol. The van der Waals surface area contributed by atoms with E-state index in [1.54, 1.807) is 6.20 Å². The first-order valence-corrected chi connectivity index (χ1v) is 23.4. The Hall–Kier alpha value is -8.54. The molecule has 5 heteroatoms. The molecule has 0 fully saturated rings. The predicted molar refractivity (Wildman–Crippen MR) is 284 cm³/mol. The molecule has 0 unspecified atom stereocenters. The molecule has 9 aromatic carbocycles. The largest absolute Gasteiger partial charge is 0.309 e. The lowest BCUT2D eigenvalue weighted by atomic mass is 9.88. The third kappa shape index (κ3) is 8.09. The van der Waals surface area contributed by atoms with Crippen LogP contribution in [0.4, 0.5) is 0 Å². The molecule has 0 aliphatic carbocycles. The van der Waals surface area contributed by atoms with Gasteiger partial charge in [-0.25, -0.2) is 15.0 Å². The van der Waals surface area contributed by atoms with Gasteiger partial charge < -0.3 is 4.57 Å². The Balaban J connectivity index is 0.000000667. The van der Waals surface area contributed by atoms with Crippen LogP contribution in [0.25, 0.3) is 105 Å². The van der Waals surface area contributed by atoms with Gasteiger partial charge in [0, 0.05) is 45.0 Å².